The van der Waals surface area contributed by atoms with Crippen LogP contribution in [0.2, 0.25) is 0 Å². The topological polar surface area (TPSA) is 92.0 Å². The Morgan fingerprint density at radius 1 is 1.00 bits per heavy atom. The Labute approximate surface area is 187 Å². The zero-order chi connectivity index (χ0) is 22.7. The highest BCUT2D eigenvalue weighted by Gasteiger charge is 2.09. The number of carbonyl (C=O) groups is 1. The van der Waals surface area contributed by atoms with Crippen molar-refractivity contribution in [2.45, 2.75) is 6.92 Å². The molecule has 0 unspecified atom stereocenters. The summed E-state index contributed by atoms with van der Waals surface area (Å²) < 4.78 is 17.4. The summed E-state index contributed by atoms with van der Waals surface area (Å²) in [7, 11) is 3.16. The van der Waals surface area contributed by atoms with Gasteiger partial charge in [0.1, 0.15) is 5.75 Å². The second kappa shape index (κ2) is 9.03. The fourth-order valence-corrected chi connectivity index (χ4v) is 3.91. The van der Waals surface area contributed by atoms with Gasteiger partial charge in [0.2, 0.25) is 4.96 Å². The lowest BCUT2D eigenvalue weighted by molar-refractivity contribution is -0.131. The molecule has 4 aromatic rings. The lowest BCUT2D eigenvalue weighted by Gasteiger charge is -2.07. The third-order valence-corrected chi connectivity index (χ3v) is 5.43. The maximum atomic E-state index is 12.7. The molecule has 0 aliphatic heterocycles. The highest BCUT2D eigenvalue weighted by molar-refractivity contribution is 7.15. The SMILES string of the molecule is COc1ccc(C=Cc2nc3sc(=Cc4ccc(OC(C)=O)cc4)c(=O)n3n2)cc1OC. The molecule has 2 aromatic heterocycles. The quantitative estimate of drug-likeness (QED) is 0.330. The predicted octanol–water partition coefficient (Wildman–Crippen LogP) is 2.81. The maximum absolute atomic E-state index is 12.7. The van der Waals surface area contributed by atoms with Gasteiger partial charge in [0.05, 0.1) is 18.8 Å². The summed E-state index contributed by atoms with van der Waals surface area (Å²) in [5.74, 6) is 1.76. The normalized spacial score (nSPS) is 11.9. The van der Waals surface area contributed by atoms with Crippen molar-refractivity contribution in [2.24, 2.45) is 0 Å². The van der Waals surface area contributed by atoms with Crippen molar-refractivity contribution < 1.29 is 19.0 Å². The fraction of sp³-hybridized carbons (Fsp3) is 0.130. The fourth-order valence-electron chi connectivity index (χ4n) is 3.00. The molecule has 0 atom stereocenters. The van der Waals surface area contributed by atoms with E-state index < -0.39 is 0 Å². The van der Waals surface area contributed by atoms with Crippen molar-refractivity contribution >= 4 is 40.5 Å². The zero-order valence-corrected chi connectivity index (χ0v) is 18.4. The molecule has 162 valence electrons. The van der Waals surface area contributed by atoms with Gasteiger partial charge in [-0.2, -0.15) is 9.50 Å². The van der Waals surface area contributed by atoms with E-state index in [1.165, 1.54) is 22.8 Å². The molecule has 0 N–H and O–H groups in total. The van der Waals surface area contributed by atoms with Gasteiger partial charge in [0.25, 0.3) is 5.56 Å². The Kier molecular flexibility index (Phi) is 6.00. The maximum Gasteiger partial charge on any atom is 0.308 e. The van der Waals surface area contributed by atoms with Crippen LogP contribution >= 0.6 is 11.3 Å². The lowest BCUT2D eigenvalue weighted by atomic mass is 10.2. The lowest BCUT2D eigenvalue weighted by Crippen LogP contribution is -2.23. The van der Waals surface area contributed by atoms with E-state index >= 15 is 0 Å². The summed E-state index contributed by atoms with van der Waals surface area (Å²) in [5, 5.41) is 4.30. The number of methoxy groups -OCH3 is 2. The third-order valence-electron chi connectivity index (χ3n) is 4.47. The molecule has 0 radical (unpaired) electrons. The van der Waals surface area contributed by atoms with E-state index in [1.54, 1.807) is 50.6 Å². The summed E-state index contributed by atoms with van der Waals surface area (Å²) in [6.45, 7) is 1.34. The van der Waals surface area contributed by atoms with Gasteiger partial charge in [-0.25, -0.2) is 0 Å². The van der Waals surface area contributed by atoms with Crippen molar-refractivity contribution in [1.29, 1.82) is 0 Å². The molecule has 0 aliphatic carbocycles. The highest BCUT2D eigenvalue weighted by atomic mass is 32.1. The van der Waals surface area contributed by atoms with Crippen LogP contribution < -0.4 is 24.3 Å². The summed E-state index contributed by atoms with van der Waals surface area (Å²) >= 11 is 1.25. The van der Waals surface area contributed by atoms with E-state index in [0.717, 1.165) is 11.1 Å². The van der Waals surface area contributed by atoms with Crippen molar-refractivity contribution in [1.82, 2.24) is 14.6 Å². The standard InChI is InChI=1S/C23H19N3O5S/c1-14(27)31-17-8-4-16(5-9-17)13-20-22(28)26-23(32-20)24-21(25-26)11-7-15-6-10-18(29-2)19(12-15)30-3/h4-13H,1-3H3. The first-order valence-electron chi connectivity index (χ1n) is 9.56. The monoisotopic (exact) mass is 449 g/mol. The smallest absolute Gasteiger partial charge is 0.308 e. The van der Waals surface area contributed by atoms with Crippen LogP contribution in [0, 0.1) is 0 Å². The number of thiazole rings is 1. The molecule has 0 saturated heterocycles. The van der Waals surface area contributed by atoms with Crippen LogP contribution in [-0.2, 0) is 4.79 Å². The van der Waals surface area contributed by atoms with Gasteiger partial charge < -0.3 is 14.2 Å². The second-order valence-electron chi connectivity index (χ2n) is 6.69. The molecule has 0 aliphatic rings. The second-order valence-corrected chi connectivity index (χ2v) is 7.70. The van der Waals surface area contributed by atoms with Gasteiger partial charge in [-0.15, -0.1) is 5.10 Å². The van der Waals surface area contributed by atoms with Gasteiger partial charge in [0, 0.05) is 6.92 Å². The number of aromatic nitrogens is 3. The minimum Gasteiger partial charge on any atom is -0.493 e. The molecule has 9 heteroatoms. The summed E-state index contributed by atoms with van der Waals surface area (Å²) in [5.41, 5.74) is 1.44. The van der Waals surface area contributed by atoms with E-state index in [0.29, 0.717) is 32.6 Å². The molecule has 2 aromatic carbocycles. The van der Waals surface area contributed by atoms with E-state index in [-0.39, 0.29) is 11.5 Å². The van der Waals surface area contributed by atoms with Crippen LogP contribution in [0.3, 0.4) is 0 Å². The van der Waals surface area contributed by atoms with Crippen LogP contribution in [0.4, 0.5) is 0 Å². The number of fused-ring (bicyclic) bond motifs is 1. The van der Waals surface area contributed by atoms with E-state index in [1.807, 2.05) is 24.3 Å². The number of rotatable bonds is 6. The highest BCUT2D eigenvalue weighted by Crippen LogP contribution is 2.28. The predicted molar refractivity (Wildman–Crippen MR) is 122 cm³/mol. The first-order chi connectivity index (χ1) is 15.5. The van der Waals surface area contributed by atoms with E-state index in [4.69, 9.17) is 14.2 Å². The third kappa shape index (κ3) is 4.52. The molecular formula is C23H19N3O5S. The van der Waals surface area contributed by atoms with Gasteiger partial charge in [-0.05, 0) is 47.5 Å². The molecule has 8 nitrogen and oxygen atoms in total. The van der Waals surface area contributed by atoms with Gasteiger partial charge in [0.15, 0.2) is 17.3 Å². The molecule has 4 rings (SSSR count). The Balaban J connectivity index is 1.58. The van der Waals surface area contributed by atoms with Crippen LogP contribution in [0.1, 0.15) is 23.9 Å². The summed E-state index contributed by atoms with van der Waals surface area (Å²) in [6, 6.07) is 12.4. The average Bonchev–Trinajstić information content (AvgIpc) is 3.31. The number of ether oxygens (including phenoxy) is 3. The molecule has 0 fully saturated rings. The Morgan fingerprint density at radius 3 is 2.38 bits per heavy atom. The molecule has 32 heavy (non-hydrogen) atoms. The molecule has 0 saturated carbocycles. The van der Waals surface area contributed by atoms with Gasteiger partial charge >= 0.3 is 5.97 Å². The summed E-state index contributed by atoms with van der Waals surface area (Å²) in [6.07, 6.45) is 5.32. The minimum absolute atomic E-state index is 0.243. The first-order valence-corrected chi connectivity index (χ1v) is 10.4. The number of benzene rings is 2. The minimum atomic E-state index is -0.384. The Hall–Kier alpha value is -3.98. The van der Waals surface area contributed by atoms with Crippen LogP contribution in [-0.4, -0.2) is 34.8 Å². The average molecular weight is 449 g/mol. The number of carbonyl (C=O) groups excluding carboxylic acids is 1. The van der Waals surface area contributed by atoms with Crippen LogP contribution in [0.5, 0.6) is 17.2 Å². The summed E-state index contributed by atoms with van der Waals surface area (Å²) in [4.78, 5) is 28.6. The van der Waals surface area contributed by atoms with Gasteiger partial charge in [-0.3, -0.25) is 9.59 Å². The first kappa shape index (κ1) is 21.3. The molecule has 0 spiro atoms. The Morgan fingerprint density at radius 2 is 1.72 bits per heavy atom. The van der Waals surface area contributed by atoms with E-state index in [9.17, 15) is 9.59 Å². The van der Waals surface area contributed by atoms with Gasteiger partial charge in [-0.1, -0.05) is 35.6 Å². The van der Waals surface area contributed by atoms with Crippen molar-refractivity contribution in [3.8, 4) is 17.2 Å². The Bertz CT molecular complexity index is 1420. The molecule has 0 bridgehead atoms. The number of nitrogens with zero attached hydrogens (tertiary/aromatic N) is 3. The van der Waals surface area contributed by atoms with Crippen molar-refractivity contribution in [2.75, 3.05) is 14.2 Å². The van der Waals surface area contributed by atoms with Crippen LogP contribution in [0.15, 0.2) is 47.3 Å². The van der Waals surface area contributed by atoms with Crippen molar-refractivity contribution in [3.05, 3.63) is 74.3 Å². The zero-order valence-electron chi connectivity index (χ0n) is 17.6. The molecule has 0 amide bonds. The number of hydrogen-bond donors (Lipinski definition) is 0. The van der Waals surface area contributed by atoms with Crippen molar-refractivity contribution in [3.63, 3.8) is 0 Å². The molecule has 2 heterocycles. The number of hydrogen-bond acceptors (Lipinski definition) is 8. The largest absolute Gasteiger partial charge is 0.493 e. The van der Waals surface area contributed by atoms with E-state index in [2.05, 4.69) is 10.1 Å². The van der Waals surface area contributed by atoms with Crippen LogP contribution in [0.25, 0.3) is 23.2 Å². The molecular weight excluding hydrogens is 430 g/mol. The number of esters is 1.